The molecule has 0 aliphatic heterocycles. The first-order valence-corrected chi connectivity index (χ1v) is 10.2. The number of nitro groups is 1. The molecule has 3 aromatic rings. The average molecular weight is 498 g/mol. The highest BCUT2D eigenvalue weighted by Crippen LogP contribution is 2.27. The van der Waals surface area contributed by atoms with E-state index < -0.39 is 34.9 Å². The molecule has 9 nitrogen and oxygen atoms in total. The number of nitro benzene ring substituents is 1. The van der Waals surface area contributed by atoms with Crippen molar-refractivity contribution >= 4 is 52.2 Å². The first kappa shape index (κ1) is 24.4. The summed E-state index contributed by atoms with van der Waals surface area (Å²) in [6.45, 7) is -0.661. The Morgan fingerprint density at radius 3 is 2.35 bits per heavy atom. The van der Waals surface area contributed by atoms with E-state index in [0.29, 0.717) is 5.69 Å². The number of amides is 1. The third-order valence-corrected chi connectivity index (χ3v) is 5.14. The summed E-state index contributed by atoms with van der Waals surface area (Å²) in [7, 11) is 0. The molecule has 11 heteroatoms. The van der Waals surface area contributed by atoms with Gasteiger partial charge in [-0.1, -0.05) is 41.4 Å². The molecule has 3 aromatic carbocycles. The zero-order chi connectivity index (χ0) is 24.8. The maximum absolute atomic E-state index is 12.9. The van der Waals surface area contributed by atoms with Crippen LogP contribution in [0.3, 0.4) is 0 Å². The minimum absolute atomic E-state index is 0.0493. The van der Waals surface area contributed by atoms with Gasteiger partial charge in [0.25, 0.3) is 11.6 Å². The van der Waals surface area contributed by atoms with Gasteiger partial charge in [-0.05, 0) is 36.4 Å². The van der Waals surface area contributed by atoms with E-state index in [1.54, 1.807) is 0 Å². The van der Waals surface area contributed by atoms with Crippen LogP contribution in [0.1, 0.15) is 31.8 Å². The van der Waals surface area contributed by atoms with E-state index in [4.69, 9.17) is 33.2 Å². The van der Waals surface area contributed by atoms with E-state index in [9.17, 15) is 24.5 Å². The number of nitriles is 1. The summed E-state index contributed by atoms with van der Waals surface area (Å²) >= 11 is 11.7. The van der Waals surface area contributed by atoms with Crippen molar-refractivity contribution < 1.29 is 24.0 Å². The number of ether oxygens (including phenoxy) is 1. The second-order valence-corrected chi connectivity index (χ2v) is 7.54. The van der Waals surface area contributed by atoms with Gasteiger partial charge >= 0.3 is 5.97 Å². The molecule has 1 amide bonds. The summed E-state index contributed by atoms with van der Waals surface area (Å²) in [5, 5.41) is 22.5. The Kier molecular flexibility index (Phi) is 7.58. The third-order valence-electron chi connectivity index (χ3n) is 4.50. The van der Waals surface area contributed by atoms with Gasteiger partial charge < -0.3 is 10.1 Å². The number of benzene rings is 3. The minimum atomic E-state index is -0.944. The molecular formula is C23H13Cl2N3O6. The van der Waals surface area contributed by atoms with Gasteiger partial charge in [-0.15, -0.1) is 0 Å². The molecule has 0 atom stereocenters. The van der Waals surface area contributed by atoms with Crippen LogP contribution in [0.25, 0.3) is 0 Å². The molecule has 0 saturated carbocycles. The Bertz CT molecular complexity index is 1370. The van der Waals surface area contributed by atoms with Gasteiger partial charge in [0.15, 0.2) is 12.4 Å². The van der Waals surface area contributed by atoms with Crippen molar-refractivity contribution in [2.75, 3.05) is 11.9 Å². The van der Waals surface area contributed by atoms with Crippen molar-refractivity contribution in [3.05, 3.63) is 103 Å². The zero-order valence-electron chi connectivity index (χ0n) is 17.1. The highest BCUT2D eigenvalue weighted by Gasteiger charge is 2.22. The van der Waals surface area contributed by atoms with Crippen LogP contribution in [0.15, 0.2) is 60.7 Å². The van der Waals surface area contributed by atoms with Crippen LogP contribution in [0.5, 0.6) is 0 Å². The molecule has 0 bridgehead atoms. The topological polar surface area (TPSA) is 139 Å². The smallest absolute Gasteiger partial charge is 0.339 e. The Hall–Kier alpha value is -4.26. The monoisotopic (exact) mass is 497 g/mol. The van der Waals surface area contributed by atoms with E-state index in [0.717, 1.165) is 6.07 Å². The van der Waals surface area contributed by atoms with E-state index in [1.807, 2.05) is 6.07 Å². The normalized spacial score (nSPS) is 10.1. The predicted molar refractivity (Wildman–Crippen MR) is 123 cm³/mol. The van der Waals surface area contributed by atoms with E-state index in [-0.39, 0.29) is 32.3 Å². The fourth-order valence-corrected chi connectivity index (χ4v) is 3.31. The number of halogens is 2. The standard InChI is InChI=1S/C23H13Cl2N3O6/c24-18-8-6-13(9-20(18)28(32)33)22(30)16-3-1-2-4-17(16)23(31)34-12-21(29)27-15-7-5-14(11-26)19(25)10-15/h1-10H,12H2,(H,27,29). The quantitative estimate of drug-likeness (QED) is 0.214. The summed E-state index contributed by atoms with van der Waals surface area (Å²) < 4.78 is 5.03. The number of carbonyl (C=O) groups is 3. The van der Waals surface area contributed by atoms with Gasteiger partial charge in [0.05, 0.1) is 21.1 Å². The Morgan fingerprint density at radius 2 is 1.71 bits per heavy atom. The lowest BCUT2D eigenvalue weighted by Crippen LogP contribution is -2.22. The average Bonchev–Trinajstić information content (AvgIpc) is 2.82. The van der Waals surface area contributed by atoms with Gasteiger partial charge in [0, 0.05) is 22.9 Å². The molecule has 0 saturated heterocycles. The highest BCUT2D eigenvalue weighted by atomic mass is 35.5. The van der Waals surface area contributed by atoms with Crippen molar-refractivity contribution in [3.8, 4) is 6.07 Å². The van der Waals surface area contributed by atoms with Gasteiger partial charge in [-0.25, -0.2) is 4.79 Å². The number of hydrogen-bond acceptors (Lipinski definition) is 7. The van der Waals surface area contributed by atoms with Crippen molar-refractivity contribution in [3.63, 3.8) is 0 Å². The van der Waals surface area contributed by atoms with Crippen molar-refractivity contribution in [1.82, 2.24) is 0 Å². The van der Waals surface area contributed by atoms with Crippen LogP contribution in [-0.4, -0.2) is 29.2 Å². The fourth-order valence-electron chi connectivity index (χ4n) is 2.90. The Labute approximate surface area is 202 Å². The lowest BCUT2D eigenvalue weighted by atomic mass is 9.98. The molecule has 0 aliphatic rings. The molecule has 34 heavy (non-hydrogen) atoms. The first-order chi connectivity index (χ1) is 16.2. The number of esters is 1. The van der Waals surface area contributed by atoms with Crippen LogP contribution < -0.4 is 5.32 Å². The van der Waals surface area contributed by atoms with Gasteiger partial charge in [-0.2, -0.15) is 5.26 Å². The third kappa shape index (κ3) is 5.56. The SMILES string of the molecule is N#Cc1ccc(NC(=O)COC(=O)c2ccccc2C(=O)c2ccc(Cl)c([N+](=O)[O-])c2)cc1Cl. The molecule has 0 spiro atoms. The lowest BCUT2D eigenvalue weighted by molar-refractivity contribution is -0.384. The largest absolute Gasteiger partial charge is 0.452 e. The number of nitrogens with zero attached hydrogens (tertiary/aromatic N) is 2. The summed E-state index contributed by atoms with van der Waals surface area (Å²) in [4.78, 5) is 48.1. The number of hydrogen-bond donors (Lipinski definition) is 1. The van der Waals surface area contributed by atoms with Crippen LogP contribution in [-0.2, 0) is 9.53 Å². The van der Waals surface area contributed by atoms with Gasteiger partial charge in [0.1, 0.15) is 11.1 Å². The molecule has 0 radical (unpaired) electrons. The number of ketones is 1. The molecule has 0 fully saturated rings. The fraction of sp³-hybridized carbons (Fsp3) is 0.0435. The van der Waals surface area contributed by atoms with Crippen molar-refractivity contribution in [2.24, 2.45) is 0 Å². The molecular weight excluding hydrogens is 485 g/mol. The molecule has 0 heterocycles. The number of carbonyl (C=O) groups excluding carboxylic acids is 3. The minimum Gasteiger partial charge on any atom is -0.452 e. The summed E-state index contributed by atoms with van der Waals surface area (Å²) in [5.74, 6) is -2.28. The maximum atomic E-state index is 12.9. The molecule has 170 valence electrons. The Balaban J connectivity index is 1.73. The summed E-state index contributed by atoms with van der Waals surface area (Å²) in [6.07, 6.45) is 0. The van der Waals surface area contributed by atoms with Crippen LogP contribution in [0, 0.1) is 21.4 Å². The summed E-state index contributed by atoms with van der Waals surface area (Å²) in [6, 6.07) is 15.4. The van der Waals surface area contributed by atoms with Gasteiger partial charge in [0.2, 0.25) is 0 Å². The molecule has 0 aliphatic carbocycles. The molecule has 1 N–H and O–H groups in total. The molecule has 3 rings (SSSR count). The number of rotatable bonds is 7. The highest BCUT2D eigenvalue weighted by molar-refractivity contribution is 6.33. The van der Waals surface area contributed by atoms with Crippen LogP contribution >= 0.6 is 23.2 Å². The number of anilines is 1. The van der Waals surface area contributed by atoms with E-state index in [1.165, 1.54) is 54.6 Å². The van der Waals surface area contributed by atoms with Crippen molar-refractivity contribution in [2.45, 2.75) is 0 Å². The number of nitrogens with one attached hydrogen (secondary N) is 1. The maximum Gasteiger partial charge on any atom is 0.339 e. The lowest BCUT2D eigenvalue weighted by Gasteiger charge is -2.10. The van der Waals surface area contributed by atoms with Crippen LogP contribution in [0.4, 0.5) is 11.4 Å². The molecule has 0 unspecified atom stereocenters. The second-order valence-electron chi connectivity index (χ2n) is 6.73. The van der Waals surface area contributed by atoms with Gasteiger partial charge in [-0.3, -0.25) is 19.7 Å². The summed E-state index contributed by atoms with van der Waals surface area (Å²) in [5.41, 5.74) is -0.162. The zero-order valence-corrected chi connectivity index (χ0v) is 18.6. The predicted octanol–water partition coefficient (Wildman–Crippen LogP) is 4.80. The first-order valence-electron chi connectivity index (χ1n) is 9.45. The van der Waals surface area contributed by atoms with Crippen LogP contribution in [0.2, 0.25) is 10.0 Å². The second kappa shape index (κ2) is 10.6. The Morgan fingerprint density at radius 1 is 1.00 bits per heavy atom. The van der Waals surface area contributed by atoms with E-state index in [2.05, 4.69) is 5.32 Å². The van der Waals surface area contributed by atoms with Crippen molar-refractivity contribution in [1.29, 1.82) is 5.26 Å². The van der Waals surface area contributed by atoms with E-state index >= 15 is 0 Å². The molecule has 0 aromatic heterocycles.